The lowest BCUT2D eigenvalue weighted by Crippen LogP contribution is -2.59. The zero-order valence-electron chi connectivity index (χ0n) is 18.7. The van der Waals surface area contributed by atoms with Crippen LogP contribution in [0.5, 0.6) is 0 Å². The van der Waals surface area contributed by atoms with Crippen LogP contribution in [0.25, 0.3) is 0 Å². The molecule has 7 heteroatoms. The van der Waals surface area contributed by atoms with Gasteiger partial charge in [0.05, 0.1) is 11.5 Å². The molecule has 0 aromatic heterocycles. The van der Waals surface area contributed by atoms with Gasteiger partial charge in [-0.05, 0) is 95.6 Å². The Morgan fingerprint density at radius 2 is 1.55 bits per heavy atom. The number of ether oxygens (including phenoxy) is 1. The molecule has 0 spiro atoms. The molecule has 0 amide bonds. The van der Waals surface area contributed by atoms with Gasteiger partial charge in [-0.15, -0.1) is 0 Å². The van der Waals surface area contributed by atoms with Crippen LogP contribution in [0.1, 0.15) is 58.4 Å². The van der Waals surface area contributed by atoms with Gasteiger partial charge in [-0.2, -0.15) is 8.42 Å². The lowest BCUT2D eigenvalue weighted by molar-refractivity contribution is -0.212. The second-order valence-electron chi connectivity index (χ2n) is 10.3. The van der Waals surface area contributed by atoms with Crippen molar-refractivity contribution in [1.29, 1.82) is 0 Å². The molecule has 0 saturated heterocycles. The first-order valence-corrected chi connectivity index (χ1v) is 12.6. The Bertz CT molecular complexity index is 952. The molecule has 4 aliphatic rings. The van der Waals surface area contributed by atoms with Gasteiger partial charge in [-0.25, -0.2) is 0 Å². The van der Waals surface area contributed by atoms with E-state index in [0.717, 1.165) is 43.1 Å². The highest BCUT2D eigenvalue weighted by Gasteiger charge is 2.58. The Morgan fingerprint density at radius 1 is 1.03 bits per heavy atom. The van der Waals surface area contributed by atoms with Gasteiger partial charge in [0.15, 0.2) is 0 Å². The van der Waals surface area contributed by atoms with Crippen LogP contribution in [-0.2, 0) is 28.6 Å². The average Bonchev–Trinajstić information content (AvgIpc) is 2.70. The van der Waals surface area contributed by atoms with Crippen molar-refractivity contribution in [2.45, 2.75) is 70.3 Å². The maximum atomic E-state index is 13.3. The molecule has 170 valence electrons. The fourth-order valence-electron chi connectivity index (χ4n) is 5.87. The van der Waals surface area contributed by atoms with Crippen molar-refractivity contribution in [2.75, 3.05) is 6.61 Å². The second kappa shape index (κ2) is 7.69. The quantitative estimate of drug-likeness (QED) is 0.355. The Morgan fingerprint density at radius 3 is 2.03 bits per heavy atom. The number of carbonyl (C=O) groups excluding carboxylic acids is 2. The number of carbonyl (C=O) groups is 2. The van der Waals surface area contributed by atoms with E-state index in [-0.39, 0.29) is 4.90 Å². The topological polar surface area (TPSA) is 86.7 Å². The Kier molecular flexibility index (Phi) is 5.58. The molecule has 4 aliphatic carbocycles. The minimum Gasteiger partial charge on any atom is -0.458 e. The highest BCUT2D eigenvalue weighted by molar-refractivity contribution is 7.86. The van der Waals surface area contributed by atoms with Crippen molar-refractivity contribution in [3.05, 3.63) is 29.8 Å². The first-order valence-electron chi connectivity index (χ1n) is 11.1. The van der Waals surface area contributed by atoms with Gasteiger partial charge in [-0.3, -0.25) is 13.8 Å². The van der Waals surface area contributed by atoms with Crippen LogP contribution in [-0.4, -0.2) is 32.4 Å². The molecule has 1 unspecified atom stereocenters. The summed E-state index contributed by atoms with van der Waals surface area (Å²) in [6.07, 6.45) is 5.53. The van der Waals surface area contributed by atoms with E-state index in [0.29, 0.717) is 11.8 Å². The molecule has 0 aliphatic heterocycles. The summed E-state index contributed by atoms with van der Waals surface area (Å²) in [7, 11) is -4.10. The number of Topliss-reactive ketones (excluding diaryl/α,β-unsaturated/α-hetero) is 1. The van der Waals surface area contributed by atoms with Gasteiger partial charge < -0.3 is 4.74 Å². The minimum atomic E-state index is -4.10. The van der Waals surface area contributed by atoms with Gasteiger partial charge in [0.1, 0.15) is 16.8 Å². The number of rotatable bonds is 7. The smallest absolute Gasteiger partial charge is 0.322 e. The summed E-state index contributed by atoms with van der Waals surface area (Å²) in [4.78, 5) is 25.8. The first-order chi connectivity index (χ1) is 14.4. The van der Waals surface area contributed by atoms with Crippen molar-refractivity contribution >= 4 is 21.9 Å². The van der Waals surface area contributed by atoms with E-state index >= 15 is 0 Å². The van der Waals surface area contributed by atoms with Crippen molar-refractivity contribution in [3.8, 4) is 0 Å². The van der Waals surface area contributed by atoms with E-state index in [4.69, 9.17) is 8.92 Å². The van der Waals surface area contributed by atoms with Crippen LogP contribution in [0, 0.1) is 36.0 Å². The van der Waals surface area contributed by atoms with E-state index in [9.17, 15) is 18.0 Å². The van der Waals surface area contributed by atoms with E-state index < -0.39 is 39.5 Å². The lowest BCUT2D eigenvalue weighted by Gasteiger charge is -2.59. The van der Waals surface area contributed by atoms with Gasteiger partial charge >= 0.3 is 5.97 Å². The predicted molar refractivity (Wildman–Crippen MR) is 115 cm³/mol. The molecular weight excluding hydrogens is 416 g/mol. The largest absolute Gasteiger partial charge is 0.458 e. The Balaban J connectivity index is 1.50. The molecule has 31 heavy (non-hydrogen) atoms. The van der Waals surface area contributed by atoms with Crippen molar-refractivity contribution in [3.63, 3.8) is 0 Å². The van der Waals surface area contributed by atoms with Gasteiger partial charge in [-0.1, -0.05) is 17.7 Å². The Hall–Kier alpha value is -1.73. The second-order valence-corrected chi connectivity index (χ2v) is 11.9. The molecule has 0 heterocycles. The molecule has 0 radical (unpaired) electrons. The Labute approximate surface area is 184 Å². The van der Waals surface area contributed by atoms with Crippen LogP contribution in [0.3, 0.4) is 0 Å². The number of hydrogen-bond donors (Lipinski definition) is 0. The highest BCUT2D eigenvalue weighted by atomic mass is 32.2. The minimum absolute atomic E-state index is 0.00892. The zero-order chi connectivity index (χ0) is 22.6. The average molecular weight is 449 g/mol. The molecule has 4 bridgehead atoms. The molecule has 1 aromatic rings. The van der Waals surface area contributed by atoms with Crippen LogP contribution >= 0.6 is 0 Å². The summed E-state index contributed by atoms with van der Waals surface area (Å²) in [5.41, 5.74) is -1.37. The summed E-state index contributed by atoms with van der Waals surface area (Å²) in [6, 6.07) is 6.23. The summed E-state index contributed by atoms with van der Waals surface area (Å²) < 4.78 is 36.5. The van der Waals surface area contributed by atoms with Gasteiger partial charge in [0.2, 0.25) is 0 Å². The number of aryl methyl sites for hydroxylation is 1. The SMILES string of the molecule is CC(=O)C(C)(COS(=O)(=O)c1ccc(C)cc1)C(=O)OC1(C)C2CC3CC(C2)CC1C3. The van der Waals surface area contributed by atoms with E-state index in [1.165, 1.54) is 32.4 Å². The highest BCUT2D eigenvalue weighted by Crippen LogP contribution is 2.59. The van der Waals surface area contributed by atoms with E-state index in [1.807, 2.05) is 13.8 Å². The normalized spacial score (nSPS) is 33.7. The zero-order valence-corrected chi connectivity index (χ0v) is 19.5. The molecule has 4 saturated carbocycles. The third-order valence-electron chi connectivity index (χ3n) is 8.11. The summed E-state index contributed by atoms with van der Waals surface area (Å²) in [6.45, 7) is 5.98. The molecule has 6 nitrogen and oxygen atoms in total. The van der Waals surface area contributed by atoms with Crippen LogP contribution in [0.15, 0.2) is 29.2 Å². The van der Waals surface area contributed by atoms with Crippen LogP contribution in [0.2, 0.25) is 0 Å². The molecule has 4 fully saturated rings. The summed E-state index contributed by atoms with van der Waals surface area (Å²) in [5.74, 6) is 0.897. The standard InChI is InChI=1S/C24H32O6S/c1-15-5-7-21(8-6-15)31(27,28)29-14-23(3,16(2)25)22(26)30-24(4)19-10-17-9-18(12-19)13-20(24)11-17/h5-8,17-20H,9-14H2,1-4H3. The van der Waals surface area contributed by atoms with Crippen molar-refractivity contribution < 1.29 is 26.9 Å². The monoisotopic (exact) mass is 448 g/mol. The molecule has 1 aromatic carbocycles. The lowest BCUT2D eigenvalue weighted by atomic mass is 9.50. The number of ketones is 1. The third kappa shape index (κ3) is 3.95. The maximum Gasteiger partial charge on any atom is 0.322 e. The molecule has 1 atom stereocenters. The summed E-state index contributed by atoms with van der Waals surface area (Å²) in [5, 5.41) is 0. The van der Waals surface area contributed by atoms with Gasteiger partial charge in [0, 0.05) is 0 Å². The van der Waals surface area contributed by atoms with Crippen LogP contribution in [0.4, 0.5) is 0 Å². The maximum absolute atomic E-state index is 13.3. The molecule has 0 N–H and O–H groups in total. The first kappa shape index (κ1) is 22.5. The number of benzene rings is 1. The van der Waals surface area contributed by atoms with Gasteiger partial charge in [0.25, 0.3) is 10.1 Å². The molecular formula is C24H32O6S. The third-order valence-corrected chi connectivity index (χ3v) is 9.39. The molecule has 5 rings (SSSR count). The summed E-state index contributed by atoms with van der Waals surface area (Å²) >= 11 is 0. The van der Waals surface area contributed by atoms with Crippen LogP contribution < -0.4 is 0 Å². The number of hydrogen-bond acceptors (Lipinski definition) is 6. The van der Waals surface area contributed by atoms with E-state index in [2.05, 4.69) is 0 Å². The fourth-order valence-corrected chi connectivity index (χ4v) is 6.87. The van der Waals surface area contributed by atoms with Crippen molar-refractivity contribution in [1.82, 2.24) is 0 Å². The fraction of sp³-hybridized carbons (Fsp3) is 0.667. The van der Waals surface area contributed by atoms with E-state index in [1.54, 1.807) is 12.1 Å². The predicted octanol–water partition coefficient (Wildman–Crippen LogP) is 4.05. The number of esters is 1. The van der Waals surface area contributed by atoms with Crippen molar-refractivity contribution in [2.24, 2.45) is 29.1 Å².